The van der Waals surface area contributed by atoms with Crippen molar-refractivity contribution in [3.8, 4) is 11.5 Å². The third-order valence-electron chi connectivity index (χ3n) is 3.52. The summed E-state index contributed by atoms with van der Waals surface area (Å²) in [5.41, 5.74) is 0.335. The summed E-state index contributed by atoms with van der Waals surface area (Å²) in [5, 5.41) is 21.5. The summed E-state index contributed by atoms with van der Waals surface area (Å²) in [4.78, 5) is 3.53. The van der Waals surface area contributed by atoms with Gasteiger partial charge in [-0.3, -0.25) is 4.99 Å². The van der Waals surface area contributed by atoms with Crippen molar-refractivity contribution in [1.82, 2.24) is 0 Å². The molecule has 0 bridgehead atoms. The molecule has 0 heterocycles. The molecular weight excluding hydrogens is 353 g/mol. The number of phenolic OH excluding ortho intramolecular Hbond substituents is 2. The van der Waals surface area contributed by atoms with Gasteiger partial charge in [-0.15, -0.1) is 0 Å². The van der Waals surface area contributed by atoms with Crippen LogP contribution in [-0.2, 0) is 10.1 Å². The minimum Gasteiger partial charge on any atom is -0.744 e. The summed E-state index contributed by atoms with van der Waals surface area (Å²) in [5.74, 6) is -0.289. The van der Waals surface area contributed by atoms with Crippen molar-refractivity contribution in [3.05, 3.63) is 60.2 Å². The first kappa shape index (κ1) is 19.4. The molecule has 0 atom stereocenters. The van der Waals surface area contributed by atoms with E-state index in [1.807, 2.05) is 12.1 Å². The van der Waals surface area contributed by atoms with Crippen LogP contribution < -0.4 is 29.6 Å². The summed E-state index contributed by atoms with van der Waals surface area (Å²) in [6.45, 7) is 0. The van der Waals surface area contributed by atoms with Crippen LogP contribution in [0.15, 0.2) is 64.5 Å². The standard InChI is InChI=1S/C17H13NO5S.Na/c19-16-7-5-11-3-1-2-4-13(11)14(16)10-18-15-9-12(24(21,22)23)6-8-17(15)20;/h1-10,19-20H,(H,21,22,23);/q;+1/p-1. The number of rotatable bonds is 3. The Hall–Kier alpha value is -1.90. The fourth-order valence-corrected chi connectivity index (χ4v) is 2.81. The second-order valence-corrected chi connectivity index (χ2v) is 6.46. The molecule has 2 N–H and O–H groups in total. The van der Waals surface area contributed by atoms with Crippen LogP contribution in [0.25, 0.3) is 10.8 Å². The predicted octanol–water partition coefficient (Wildman–Crippen LogP) is -0.0903. The van der Waals surface area contributed by atoms with Crippen molar-refractivity contribution < 1.29 is 52.7 Å². The summed E-state index contributed by atoms with van der Waals surface area (Å²) in [6, 6.07) is 13.7. The maximum absolute atomic E-state index is 11.1. The molecular formula is C17H12NNaO5S. The minimum absolute atomic E-state index is 0. The normalized spacial score (nSPS) is 11.6. The zero-order valence-electron chi connectivity index (χ0n) is 13.2. The maximum atomic E-state index is 11.1. The number of benzene rings is 3. The van der Waals surface area contributed by atoms with Gasteiger partial charge in [0.15, 0.2) is 0 Å². The number of fused-ring (bicyclic) bond motifs is 1. The van der Waals surface area contributed by atoms with Crippen molar-refractivity contribution in [3.63, 3.8) is 0 Å². The van der Waals surface area contributed by atoms with Crippen molar-refractivity contribution in [1.29, 1.82) is 0 Å². The van der Waals surface area contributed by atoms with E-state index in [0.717, 1.165) is 29.0 Å². The monoisotopic (exact) mass is 365 g/mol. The van der Waals surface area contributed by atoms with Gasteiger partial charge in [-0.1, -0.05) is 30.3 Å². The van der Waals surface area contributed by atoms with E-state index in [-0.39, 0.29) is 46.7 Å². The van der Waals surface area contributed by atoms with Gasteiger partial charge < -0.3 is 14.8 Å². The zero-order valence-corrected chi connectivity index (χ0v) is 16.1. The summed E-state index contributed by atoms with van der Waals surface area (Å²) < 4.78 is 33.2. The summed E-state index contributed by atoms with van der Waals surface area (Å²) >= 11 is 0. The number of aromatic hydroxyl groups is 2. The summed E-state index contributed by atoms with van der Waals surface area (Å²) in [6.07, 6.45) is 1.31. The van der Waals surface area contributed by atoms with Crippen molar-refractivity contribution in [2.45, 2.75) is 4.90 Å². The summed E-state index contributed by atoms with van der Waals surface area (Å²) in [7, 11) is -4.65. The molecule has 0 unspecified atom stereocenters. The second kappa shape index (κ2) is 7.55. The zero-order chi connectivity index (χ0) is 17.3. The van der Waals surface area contributed by atoms with E-state index < -0.39 is 15.0 Å². The molecule has 122 valence electrons. The molecule has 3 aromatic carbocycles. The first-order valence-corrected chi connectivity index (χ1v) is 8.31. The number of hydrogen-bond acceptors (Lipinski definition) is 6. The molecule has 0 fully saturated rings. The van der Waals surface area contributed by atoms with Crippen LogP contribution in [0.4, 0.5) is 5.69 Å². The number of hydrogen-bond donors (Lipinski definition) is 2. The second-order valence-electron chi connectivity index (χ2n) is 5.08. The van der Waals surface area contributed by atoms with Crippen LogP contribution in [0.3, 0.4) is 0 Å². The number of aliphatic imine (C=N–C) groups is 1. The fraction of sp³-hybridized carbons (Fsp3) is 0. The van der Waals surface area contributed by atoms with Crippen LogP contribution in [0, 0.1) is 0 Å². The van der Waals surface area contributed by atoms with Gasteiger partial charge in [0.2, 0.25) is 0 Å². The molecule has 0 saturated heterocycles. The van der Waals surface area contributed by atoms with Gasteiger partial charge in [0.25, 0.3) is 0 Å². The minimum atomic E-state index is -4.65. The SMILES string of the molecule is O=S(=O)([O-])c1ccc(O)c(N=Cc2c(O)ccc3ccccc23)c1.[Na+]. The molecule has 3 rings (SSSR count). The Bertz CT molecular complexity index is 1060. The largest absolute Gasteiger partial charge is 1.00 e. The smallest absolute Gasteiger partial charge is 0.744 e. The third-order valence-corrected chi connectivity index (χ3v) is 4.35. The van der Waals surface area contributed by atoms with Crippen LogP contribution in [0.1, 0.15) is 5.56 Å². The first-order chi connectivity index (χ1) is 11.4. The van der Waals surface area contributed by atoms with Gasteiger partial charge in [0, 0.05) is 11.8 Å². The molecule has 6 nitrogen and oxygen atoms in total. The van der Waals surface area contributed by atoms with E-state index in [2.05, 4.69) is 4.99 Å². The van der Waals surface area contributed by atoms with Gasteiger partial charge in [0.1, 0.15) is 27.3 Å². The molecule has 25 heavy (non-hydrogen) atoms. The first-order valence-electron chi connectivity index (χ1n) is 6.90. The van der Waals surface area contributed by atoms with E-state index >= 15 is 0 Å². The van der Waals surface area contributed by atoms with Crippen LogP contribution in [0.5, 0.6) is 11.5 Å². The van der Waals surface area contributed by atoms with Gasteiger partial charge in [-0.2, -0.15) is 0 Å². The Morgan fingerprint density at radius 1 is 0.960 bits per heavy atom. The van der Waals surface area contributed by atoms with Gasteiger partial charge >= 0.3 is 29.6 Å². The molecule has 0 amide bonds. The van der Waals surface area contributed by atoms with Crippen LogP contribution in [0.2, 0.25) is 0 Å². The van der Waals surface area contributed by atoms with Crippen molar-refractivity contribution >= 4 is 32.8 Å². The quantitative estimate of drug-likeness (QED) is 0.383. The number of nitrogens with zero attached hydrogens (tertiary/aromatic N) is 1. The Balaban J connectivity index is 0.00000225. The van der Waals surface area contributed by atoms with Gasteiger partial charge in [-0.05, 0) is 35.0 Å². The Morgan fingerprint density at radius 3 is 2.36 bits per heavy atom. The van der Waals surface area contributed by atoms with E-state index in [1.165, 1.54) is 12.3 Å². The Kier molecular flexibility index (Phi) is 5.87. The topological polar surface area (TPSA) is 110 Å². The van der Waals surface area contributed by atoms with E-state index in [4.69, 9.17) is 0 Å². The average molecular weight is 365 g/mol. The fourth-order valence-electron chi connectivity index (χ4n) is 2.32. The Morgan fingerprint density at radius 2 is 1.64 bits per heavy atom. The predicted molar refractivity (Wildman–Crippen MR) is 88.9 cm³/mol. The molecule has 0 radical (unpaired) electrons. The Labute approximate surface area is 166 Å². The maximum Gasteiger partial charge on any atom is 1.00 e. The van der Waals surface area contributed by atoms with Gasteiger partial charge in [-0.25, -0.2) is 8.42 Å². The molecule has 0 aliphatic heterocycles. The van der Waals surface area contributed by atoms with Crippen LogP contribution in [-0.4, -0.2) is 29.4 Å². The van der Waals surface area contributed by atoms with E-state index in [1.54, 1.807) is 18.2 Å². The molecule has 0 spiro atoms. The molecule has 0 aliphatic carbocycles. The number of phenols is 2. The average Bonchev–Trinajstić information content (AvgIpc) is 2.54. The molecule has 8 heteroatoms. The van der Waals surface area contributed by atoms with Crippen molar-refractivity contribution in [2.24, 2.45) is 4.99 Å². The van der Waals surface area contributed by atoms with Gasteiger partial charge in [0.05, 0.1) is 4.90 Å². The van der Waals surface area contributed by atoms with Crippen LogP contribution >= 0.6 is 0 Å². The molecule has 0 aliphatic rings. The van der Waals surface area contributed by atoms with E-state index in [0.29, 0.717) is 5.56 Å². The third kappa shape index (κ3) is 4.20. The molecule has 3 aromatic rings. The molecule has 0 aromatic heterocycles. The van der Waals surface area contributed by atoms with E-state index in [9.17, 15) is 23.2 Å². The van der Waals surface area contributed by atoms with Crippen molar-refractivity contribution in [2.75, 3.05) is 0 Å². The molecule has 0 saturated carbocycles.